The summed E-state index contributed by atoms with van der Waals surface area (Å²) in [7, 11) is 0. The van der Waals surface area contributed by atoms with Crippen molar-refractivity contribution in [1.82, 2.24) is 5.32 Å². The van der Waals surface area contributed by atoms with E-state index >= 15 is 0 Å². The summed E-state index contributed by atoms with van der Waals surface area (Å²) in [6.45, 7) is 3.40. The van der Waals surface area contributed by atoms with Gasteiger partial charge in [-0.3, -0.25) is 4.79 Å². The highest BCUT2D eigenvalue weighted by atomic mass is 16.7. The molecule has 1 saturated heterocycles. The second kappa shape index (κ2) is 42.0. The van der Waals surface area contributed by atoms with Crippen LogP contribution in [-0.2, 0) is 14.3 Å². The van der Waals surface area contributed by atoms with Crippen molar-refractivity contribution in [3.05, 3.63) is 24.3 Å². The number of aliphatic hydroxyl groups excluding tert-OH is 7. The average molecular weight is 898 g/mol. The summed E-state index contributed by atoms with van der Waals surface area (Å²) < 4.78 is 11.1. The van der Waals surface area contributed by atoms with Crippen molar-refractivity contribution in [2.24, 2.45) is 0 Å². The first-order valence-electron chi connectivity index (χ1n) is 26.2. The van der Waals surface area contributed by atoms with E-state index in [-0.39, 0.29) is 12.8 Å². The van der Waals surface area contributed by atoms with E-state index in [2.05, 4.69) is 43.5 Å². The Morgan fingerprint density at radius 1 is 0.540 bits per heavy atom. The van der Waals surface area contributed by atoms with Gasteiger partial charge in [0.15, 0.2) is 6.29 Å². The first-order chi connectivity index (χ1) is 30.7. The fraction of sp³-hybridized carbons (Fsp3) is 0.904. The summed E-state index contributed by atoms with van der Waals surface area (Å²) in [5.74, 6) is -0.708. The molecule has 0 aromatic rings. The molecule has 372 valence electrons. The molecule has 11 heteroatoms. The highest BCUT2D eigenvalue weighted by Gasteiger charge is 2.44. The maximum Gasteiger partial charge on any atom is 0.249 e. The summed E-state index contributed by atoms with van der Waals surface area (Å²) in [5.41, 5.74) is 0. The highest BCUT2D eigenvalue weighted by molar-refractivity contribution is 5.80. The lowest BCUT2D eigenvalue weighted by Crippen LogP contribution is -2.60. The van der Waals surface area contributed by atoms with Crippen molar-refractivity contribution in [3.8, 4) is 0 Å². The van der Waals surface area contributed by atoms with Crippen LogP contribution in [0, 0.1) is 0 Å². The second-order valence-electron chi connectivity index (χ2n) is 18.6. The van der Waals surface area contributed by atoms with Crippen LogP contribution in [0.5, 0.6) is 0 Å². The topological polar surface area (TPSA) is 189 Å². The van der Waals surface area contributed by atoms with E-state index in [1.54, 1.807) is 0 Å². The van der Waals surface area contributed by atoms with E-state index in [4.69, 9.17) is 9.47 Å². The van der Waals surface area contributed by atoms with Gasteiger partial charge in [0.25, 0.3) is 0 Å². The third-order valence-electron chi connectivity index (χ3n) is 12.7. The Labute approximate surface area is 384 Å². The number of carbonyl (C=O) groups excluding carboxylic acids is 1. The number of nitrogens with one attached hydrogen (secondary N) is 1. The van der Waals surface area contributed by atoms with E-state index in [1.807, 2.05) is 0 Å². The molecule has 1 aliphatic heterocycles. The van der Waals surface area contributed by atoms with E-state index in [9.17, 15) is 40.5 Å². The summed E-state index contributed by atoms with van der Waals surface area (Å²) in [6, 6.07) is -1.19. The van der Waals surface area contributed by atoms with Crippen molar-refractivity contribution in [2.45, 2.75) is 287 Å². The lowest BCUT2D eigenvalue weighted by molar-refractivity contribution is -0.303. The Bertz CT molecular complexity index is 1080. The molecule has 9 atom stereocenters. The van der Waals surface area contributed by atoms with Crippen molar-refractivity contribution in [1.29, 1.82) is 0 Å². The van der Waals surface area contributed by atoms with Crippen LogP contribution in [0.15, 0.2) is 24.3 Å². The number of hydrogen-bond acceptors (Lipinski definition) is 10. The van der Waals surface area contributed by atoms with Crippen LogP contribution in [-0.4, -0.2) is 110 Å². The molecule has 0 aliphatic carbocycles. The second-order valence-corrected chi connectivity index (χ2v) is 18.6. The lowest BCUT2D eigenvalue weighted by atomic mass is 9.98. The molecule has 0 spiro atoms. The molecule has 1 fully saturated rings. The highest BCUT2D eigenvalue weighted by Crippen LogP contribution is 2.23. The SMILES string of the molecule is CCCCC/C=C/CC/C=C/CCCC(O)C(O)C(COC1OC(CO)C(O)C(O)C1O)NC(=O)C(O)CCCCCCCCCCCCCCCCCCCCCCCCCC. The molecule has 0 aromatic carbocycles. The number of ether oxygens (including phenoxy) is 2. The molecule has 0 saturated carbocycles. The quantitative estimate of drug-likeness (QED) is 0.0216. The zero-order valence-corrected chi connectivity index (χ0v) is 40.3. The van der Waals surface area contributed by atoms with Gasteiger partial charge in [0.2, 0.25) is 5.91 Å². The lowest BCUT2D eigenvalue weighted by Gasteiger charge is -2.40. The van der Waals surface area contributed by atoms with E-state index in [0.717, 1.165) is 38.5 Å². The fourth-order valence-corrected chi connectivity index (χ4v) is 8.40. The molecule has 11 nitrogen and oxygen atoms in total. The first-order valence-corrected chi connectivity index (χ1v) is 26.2. The zero-order chi connectivity index (χ0) is 46.2. The molecule has 0 bridgehead atoms. The van der Waals surface area contributed by atoms with Gasteiger partial charge in [0.1, 0.15) is 36.6 Å². The maximum absolute atomic E-state index is 13.1. The summed E-state index contributed by atoms with van der Waals surface area (Å²) in [5, 5.41) is 75.7. The normalized spacial score (nSPS) is 21.3. The predicted octanol–water partition coefficient (Wildman–Crippen LogP) is 9.79. The van der Waals surface area contributed by atoms with Crippen LogP contribution in [0.4, 0.5) is 0 Å². The molecule has 1 heterocycles. The molecule has 0 radical (unpaired) electrons. The Balaban J connectivity index is 2.32. The molecular formula is C52H99NO10. The van der Waals surface area contributed by atoms with Gasteiger partial charge in [-0.1, -0.05) is 205 Å². The van der Waals surface area contributed by atoms with Crippen molar-refractivity contribution < 1.29 is 50.0 Å². The number of hydrogen-bond donors (Lipinski definition) is 8. The van der Waals surface area contributed by atoms with Gasteiger partial charge < -0.3 is 50.5 Å². The van der Waals surface area contributed by atoms with Crippen LogP contribution in [0.3, 0.4) is 0 Å². The van der Waals surface area contributed by atoms with Crippen molar-refractivity contribution in [3.63, 3.8) is 0 Å². The average Bonchev–Trinajstić information content (AvgIpc) is 3.28. The van der Waals surface area contributed by atoms with E-state index in [1.165, 1.54) is 148 Å². The van der Waals surface area contributed by atoms with Gasteiger partial charge in [-0.15, -0.1) is 0 Å². The minimum Gasteiger partial charge on any atom is -0.394 e. The van der Waals surface area contributed by atoms with Gasteiger partial charge in [-0.05, 0) is 51.4 Å². The molecule has 1 rings (SSSR count). The summed E-state index contributed by atoms with van der Waals surface area (Å²) >= 11 is 0. The maximum atomic E-state index is 13.1. The predicted molar refractivity (Wildman–Crippen MR) is 256 cm³/mol. The van der Waals surface area contributed by atoms with Crippen LogP contribution in [0.1, 0.15) is 232 Å². The van der Waals surface area contributed by atoms with Gasteiger partial charge in [0.05, 0.1) is 25.4 Å². The number of rotatable bonds is 44. The third kappa shape index (κ3) is 31.2. The van der Waals surface area contributed by atoms with Crippen molar-refractivity contribution in [2.75, 3.05) is 13.2 Å². The Hall–Kier alpha value is -1.41. The molecule has 63 heavy (non-hydrogen) atoms. The largest absolute Gasteiger partial charge is 0.394 e. The molecular weight excluding hydrogens is 799 g/mol. The number of unbranched alkanes of at least 4 members (excludes halogenated alkanes) is 28. The van der Waals surface area contributed by atoms with Gasteiger partial charge in [-0.2, -0.15) is 0 Å². The third-order valence-corrected chi connectivity index (χ3v) is 12.7. The molecule has 8 N–H and O–H groups in total. The van der Waals surface area contributed by atoms with Crippen LogP contribution in [0.2, 0.25) is 0 Å². The molecule has 9 unspecified atom stereocenters. The van der Waals surface area contributed by atoms with Gasteiger partial charge in [-0.25, -0.2) is 0 Å². The van der Waals surface area contributed by atoms with Gasteiger partial charge >= 0.3 is 0 Å². The number of amides is 1. The number of aliphatic hydroxyl groups is 7. The minimum absolute atomic E-state index is 0.247. The Morgan fingerprint density at radius 2 is 0.952 bits per heavy atom. The minimum atomic E-state index is -1.67. The van der Waals surface area contributed by atoms with Crippen LogP contribution >= 0.6 is 0 Å². The molecule has 1 amide bonds. The van der Waals surface area contributed by atoms with Gasteiger partial charge in [0, 0.05) is 0 Å². The Morgan fingerprint density at radius 3 is 1.41 bits per heavy atom. The smallest absolute Gasteiger partial charge is 0.249 e. The van der Waals surface area contributed by atoms with Crippen molar-refractivity contribution >= 4 is 5.91 Å². The monoisotopic (exact) mass is 898 g/mol. The van der Waals surface area contributed by atoms with E-state index in [0.29, 0.717) is 19.3 Å². The molecule has 1 aliphatic rings. The van der Waals surface area contributed by atoms with Crippen LogP contribution < -0.4 is 5.32 Å². The Kier molecular flexibility index (Phi) is 39.7. The number of allylic oxidation sites excluding steroid dienone is 4. The van der Waals surface area contributed by atoms with E-state index < -0.39 is 74.2 Å². The summed E-state index contributed by atoms with van der Waals surface area (Å²) in [6.07, 6.45) is 36.7. The standard InChI is InChI=1S/C52H99NO10/c1-3-5-7-9-11-13-15-17-18-19-20-21-22-23-24-25-26-27-28-30-32-34-36-38-40-45(56)51(61)53-43(42-62-52-50(60)49(59)48(58)46(41-54)63-52)47(57)44(55)39-37-35-33-31-29-16-14-12-10-8-6-4-2/h12,14,31,33,43-50,52,54-60H,3-11,13,15-30,32,34-42H2,1-2H3,(H,53,61)/b14-12+,33-31+. The first kappa shape index (κ1) is 59.6. The zero-order valence-electron chi connectivity index (χ0n) is 40.3. The summed E-state index contributed by atoms with van der Waals surface area (Å²) in [4.78, 5) is 13.1. The number of carbonyl (C=O) groups is 1. The molecule has 0 aromatic heterocycles. The van der Waals surface area contributed by atoms with Crippen LogP contribution in [0.25, 0.3) is 0 Å². The fourth-order valence-electron chi connectivity index (χ4n) is 8.40.